The summed E-state index contributed by atoms with van der Waals surface area (Å²) in [5, 5.41) is 3.16. The van der Waals surface area contributed by atoms with Gasteiger partial charge in [0.1, 0.15) is 5.75 Å². The molecule has 0 radical (unpaired) electrons. The number of halogens is 1. The Bertz CT molecular complexity index is 1070. The van der Waals surface area contributed by atoms with Crippen LogP contribution in [0.15, 0.2) is 36.4 Å². The third-order valence-corrected chi connectivity index (χ3v) is 5.92. The minimum absolute atomic E-state index is 0.00143. The van der Waals surface area contributed by atoms with Crippen molar-refractivity contribution in [2.24, 2.45) is 0 Å². The van der Waals surface area contributed by atoms with E-state index in [0.717, 1.165) is 16.1 Å². The number of fused-ring (bicyclic) bond motifs is 1. The van der Waals surface area contributed by atoms with E-state index in [2.05, 4.69) is 5.32 Å². The van der Waals surface area contributed by atoms with Crippen molar-refractivity contribution in [1.29, 1.82) is 0 Å². The Morgan fingerprint density at radius 3 is 2.65 bits per heavy atom. The average molecular weight is 469 g/mol. The number of sulfonamides is 1. The lowest BCUT2D eigenvalue weighted by molar-refractivity contribution is -0.127. The van der Waals surface area contributed by atoms with Gasteiger partial charge in [0, 0.05) is 11.6 Å². The first kappa shape index (κ1) is 23.0. The summed E-state index contributed by atoms with van der Waals surface area (Å²) in [5.74, 6) is 1.01. The van der Waals surface area contributed by atoms with E-state index in [0.29, 0.717) is 22.2 Å². The zero-order chi connectivity index (χ0) is 22.8. The standard InChI is InChI=1S/C21H25ClN2O6S/c1-13(2)29-18-7-5-14(9-19(18)28-3)11-23-21(25)20-12-24(31(4,26)27)16-10-15(22)6-8-17(16)30-20/h5-10,13,20H,11-12H2,1-4H3,(H,23,25)/t20-/m0/s1. The van der Waals surface area contributed by atoms with Crippen LogP contribution >= 0.6 is 11.6 Å². The average Bonchev–Trinajstić information content (AvgIpc) is 2.70. The number of rotatable bonds is 7. The lowest BCUT2D eigenvalue weighted by Gasteiger charge is -2.34. The molecule has 2 aromatic rings. The molecule has 2 aromatic carbocycles. The molecule has 1 aliphatic heterocycles. The number of benzene rings is 2. The maximum Gasteiger partial charge on any atom is 0.263 e. The Labute approximate surface area is 187 Å². The van der Waals surface area contributed by atoms with E-state index in [4.69, 9.17) is 25.8 Å². The molecule has 0 unspecified atom stereocenters. The molecule has 10 heteroatoms. The topological polar surface area (TPSA) is 94.2 Å². The van der Waals surface area contributed by atoms with Crippen LogP contribution in [0.5, 0.6) is 17.2 Å². The Morgan fingerprint density at radius 2 is 2.00 bits per heavy atom. The molecule has 1 N–H and O–H groups in total. The molecule has 0 saturated carbocycles. The van der Waals surface area contributed by atoms with E-state index in [1.165, 1.54) is 6.07 Å². The highest BCUT2D eigenvalue weighted by molar-refractivity contribution is 7.92. The molecule has 0 aliphatic carbocycles. The van der Waals surface area contributed by atoms with Crippen molar-refractivity contribution >= 4 is 33.2 Å². The maximum atomic E-state index is 12.7. The summed E-state index contributed by atoms with van der Waals surface area (Å²) >= 11 is 6.00. The van der Waals surface area contributed by atoms with E-state index in [1.807, 2.05) is 19.9 Å². The van der Waals surface area contributed by atoms with Crippen molar-refractivity contribution < 1.29 is 27.4 Å². The second kappa shape index (κ2) is 9.23. The van der Waals surface area contributed by atoms with Crippen LogP contribution in [0.25, 0.3) is 0 Å². The number of hydrogen-bond acceptors (Lipinski definition) is 6. The molecule has 1 heterocycles. The first-order valence-electron chi connectivity index (χ1n) is 9.63. The lowest BCUT2D eigenvalue weighted by Crippen LogP contribution is -2.50. The van der Waals surface area contributed by atoms with Crippen LogP contribution in [0.2, 0.25) is 5.02 Å². The smallest absolute Gasteiger partial charge is 0.263 e. The van der Waals surface area contributed by atoms with Gasteiger partial charge in [-0.2, -0.15) is 0 Å². The van der Waals surface area contributed by atoms with Crippen LogP contribution in [-0.2, 0) is 21.4 Å². The number of nitrogens with zero attached hydrogens (tertiary/aromatic N) is 1. The Balaban J connectivity index is 1.73. The van der Waals surface area contributed by atoms with Gasteiger partial charge in [-0.25, -0.2) is 8.42 Å². The quantitative estimate of drug-likeness (QED) is 0.671. The Kier molecular flexibility index (Phi) is 6.86. The highest BCUT2D eigenvalue weighted by atomic mass is 35.5. The number of amides is 1. The number of methoxy groups -OCH3 is 1. The fourth-order valence-corrected chi connectivity index (χ4v) is 4.22. The van der Waals surface area contributed by atoms with E-state index in [9.17, 15) is 13.2 Å². The van der Waals surface area contributed by atoms with Crippen LogP contribution in [0.3, 0.4) is 0 Å². The largest absolute Gasteiger partial charge is 0.493 e. The SMILES string of the molecule is COc1cc(CNC(=O)[C@@H]2CN(S(C)(=O)=O)c3cc(Cl)ccc3O2)ccc1OC(C)C. The first-order chi connectivity index (χ1) is 14.6. The fourth-order valence-electron chi connectivity index (χ4n) is 3.15. The zero-order valence-corrected chi connectivity index (χ0v) is 19.3. The normalized spacial score (nSPS) is 15.8. The molecule has 0 bridgehead atoms. The van der Waals surface area contributed by atoms with Crippen molar-refractivity contribution in [3.05, 3.63) is 47.0 Å². The Morgan fingerprint density at radius 1 is 1.26 bits per heavy atom. The summed E-state index contributed by atoms with van der Waals surface area (Å²) in [6, 6.07) is 10.0. The van der Waals surface area contributed by atoms with Gasteiger partial charge in [-0.1, -0.05) is 17.7 Å². The highest BCUT2D eigenvalue weighted by Crippen LogP contribution is 2.37. The third-order valence-electron chi connectivity index (χ3n) is 4.54. The molecule has 8 nitrogen and oxygen atoms in total. The van der Waals surface area contributed by atoms with Crippen molar-refractivity contribution in [3.8, 4) is 17.2 Å². The summed E-state index contributed by atoms with van der Waals surface area (Å²) in [5.41, 5.74) is 1.11. The summed E-state index contributed by atoms with van der Waals surface area (Å²) in [7, 11) is -2.08. The molecule has 0 fully saturated rings. The molecule has 3 rings (SSSR count). The van der Waals surface area contributed by atoms with Crippen molar-refractivity contribution in [2.75, 3.05) is 24.2 Å². The molecule has 31 heavy (non-hydrogen) atoms. The fraction of sp³-hybridized carbons (Fsp3) is 0.381. The Hall–Kier alpha value is -2.65. The summed E-state index contributed by atoms with van der Waals surface area (Å²) in [6.45, 7) is 3.90. The molecule has 1 aliphatic rings. The van der Waals surface area contributed by atoms with Crippen LogP contribution in [0.4, 0.5) is 5.69 Å². The van der Waals surface area contributed by atoms with Crippen LogP contribution < -0.4 is 23.8 Å². The number of nitrogens with one attached hydrogen (secondary N) is 1. The first-order valence-corrected chi connectivity index (χ1v) is 11.9. The van der Waals surface area contributed by atoms with Crippen molar-refractivity contribution in [2.45, 2.75) is 32.6 Å². The van der Waals surface area contributed by atoms with Gasteiger partial charge in [0.2, 0.25) is 10.0 Å². The lowest BCUT2D eigenvalue weighted by atomic mass is 10.2. The number of carbonyl (C=O) groups excluding carboxylic acids is 1. The molecule has 0 aromatic heterocycles. The van der Waals surface area contributed by atoms with Gasteiger partial charge in [-0.05, 0) is 49.7 Å². The number of hydrogen-bond donors (Lipinski definition) is 1. The van der Waals surface area contributed by atoms with Gasteiger partial charge < -0.3 is 19.5 Å². The van der Waals surface area contributed by atoms with Crippen LogP contribution in [-0.4, -0.2) is 46.4 Å². The maximum absolute atomic E-state index is 12.7. The molecule has 0 spiro atoms. The van der Waals surface area contributed by atoms with Crippen LogP contribution in [0, 0.1) is 0 Å². The minimum atomic E-state index is -3.63. The summed E-state index contributed by atoms with van der Waals surface area (Å²) < 4.78 is 42.4. The van der Waals surface area contributed by atoms with Gasteiger partial charge >= 0.3 is 0 Å². The van der Waals surface area contributed by atoms with Gasteiger partial charge in [-0.3, -0.25) is 9.10 Å². The van der Waals surface area contributed by atoms with Gasteiger partial charge in [0.25, 0.3) is 5.91 Å². The second-order valence-electron chi connectivity index (χ2n) is 7.38. The molecule has 1 amide bonds. The van der Waals surface area contributed by atoms with Gasteiger partial charge in [0.15, 0.2) is 17.6 Å². The third kappa shape index (κ3) is 5.54. The van der Waals surface area contributed by atoms with Crippen molar-refractivity contribution in [3.63, 3.8) is 0 Å². The molecule has 0 saturated heterocycles. The predicted molar refractivity (Wildman–Crippen MR) is 119 cm³/mol. The van der Waals surface area contributed by atoms with E-state index in [1.54, 1.807) is 31.4 Å². The second-order valence-corrected chi connectivity index (χ2v) is 9.73. The number of ether oxygens (including phenoxy) is 3. The van der Waals surface area contributed by atoms with E-state index < -0.39 is 22.0 Å². The molecule has 1 atom stereocenters. The molecular weight excluding hydrogens is 444 g/mol. The number of anilines is 1. The van der Waals surface area contributed by atoms with E-state index >= 15 is 0 Å². The van der Waals surface area contributed by atoms with Gasteiger partial charge in [0.05, 0.1) is 31.7 Å². The molecule has 168 valence electrons. The zero-order valence-electron chi connectivity index (χ0n) is 17.7. The van der Waals surface area contributed by atoms with Crippen molar-refractivity contribution in [1.82, 2.24) is 5.32 Å². The summed E-state index contributed by atoms with van der Waals surface area (Å²) in [6.07, 6.45) is 0.0673. The minimum Gasteiger partial charge on any atom is -0.493 e. The number of carbonyl (C=O) groups is 1. The summed E-state index contributed by atoms with van der Waals surface area (Å²) in [4.78, 5) is 12.7. The highest BCUT2D eigenvalue weighted by Gasteiger charge is 2.35. The van der Waals surface area contributed by atoms with Crippen LogP contribution in [0.1, 0.15) is 19.4 Å². The molecular formula is C21H25ClN2O6S. The van der Waals surface area contributed by atoms with Gasteiger partial charge in [-0.15, -0.1) is 0 Å². The van der Waals surface area contributed by atoms with E-state index in [-0.39, 0.29) is 24.9 Å². The predicted octanol–water partition coefficient (Wildman–Crippen LogP) is 2.98. The monoisotopic (exact) mass is 468 g/mol.